The van der Waals surface area contributed by atoms with Crippen LogP contribution >= 0.6 is 8.58 Å². The minimum absolute atomic E-state index is 1.01. The largest absolute Gasteiger partial charge is 0.0904 e. The van der Waals surface area contributed by atoms with Gasteiger partial charge in [-0.05, 0) is 24.8 Å². The fourth-order valence-corrected chi connectivity index (χ4v) is 3.46. The van der Waals surface area contributed by atoms with Crippen molar-refractivity contribution in [2.45, 2.75) is 71.6 Å². The standard InChI is InChI=1S/C18H31P/c1-3-4-5-6-7-8-9-10-11-16-19-18-14-12-17(2)13-15-18/h12-15,19H,3-11,16H2,1-2H3. The zero-order chi connectivity index (χ0) is 13.8. The van der Waals surface area contributed by atoms with Crippen molar-refractivity contribution in [2.24, 2.45) is 0 Å². The predicted octanol–water partition coefficient (Wildman–Crippen LogP) is 5.83. The first-order valence-electron chi connectivity index (χ1n) is 8.13. The van der Waals surface area contributed by atoms with Gasteiger partial charge in [0.1, 0.15) is 0 Å². The lowest BCUT2D eigenvalue weighted by Gasteiger charge is -2.03. The lowest BCUT2D eigenvalue weighted by Crippen LogP contribution is -1.94. The molecule has 0 saturated carbocycles. The van der Waals surface area contributed by atoms with E-state index in [1.54, 1.807) is 0 Å². The van der Waals surface area contributed by atoms with E-state index in [0.717, 1.165) is 8.58 Å². The maximum absolute atomic E-state index is 2.29. The van der Waals surface area contributed by atoms with Crippen LogP contribution in [0.2, 0.25) is 0 Å². The summed E-state index contributed by atoms with van der Waals surface area (Å²) in [5, 5.41) is 1.53. The van der Waals surface area contributed by atoms with Gasteiger partial charge in [0.2, 0.25) is 0 Å². The fourth-order valence-electron chi connectivity index (χ4n) is 2.34. The monoisotopic (exact) mass is 278 g/mol. The van der Waals surface area contributed by atoms with Gasteiger partial charge in [-0.2, -0.15) is 0 Å². The van der Waals surface area contributed by atoms with Crippen molar-refractivity contribution in [2.75, 3.05) is 6.16 Å². The molecule has 0 aliphatic carbocycles. The summed E-state index contributed by atoms with van der Waals surface area (Å²) in [5.74, 6) is 0. The van der Waals surface area contributed by atoms with E-state index in [9.17, 15) is 0 Å². The SMILES string of the molecule is CCCCCCCCCCCPc1ccc(C)cc1. The first-order chi connectivity index (χ1) is 9.33. The molecule has 0 radical (unpaired) electrons. The van der Waals surface area contributed by atoms with E-state index in [-0.39, 0.29) is 0 Å². The summed E-state index contributed by atoms with van der Waals surface area (Å²) in [6.45, 7) is 4.45. The van der Waals surface area contributed by atoms with Gasteiger partial charge >= 0.3 is 0 Å². The van der Waals surface area contributed by atoms with Crippen LogP contribution in [0.25, 0.3) is 0 Å². The van der Waals surface area contributed by atoms with E-state index in [2.05, 4.69) is 38.1 Å². The van der Waals surface area contributed by atoms with Crippen molar-refractivity contribution in [3.05, 3.63) is 29.8 Å². The topological polar surface area (TPSA) is 0 Å². The van der Waals surface area contributed by atoms with Crippen LogP contribution in [0.5, 0.6) is 0 Å². The van der Waals surface area contributed by atoms with Gasteiger partial charge < -0.3 is 0 Å². The maximum atomic E-state index is 2.29. The third-order valence-electron chi connectivity index (χ3n) is 3.66. The Morgan fingerprint density at radius 2 is 1.26 bits per heavy atom. The Labute approximate surface area is 122 Å². The molecule has 0 aliphatic rings. The maximum Gasteiger partial charge on any atom is -0.0271 e. The molecule has 0 nitrogen and oxygen atoms in total. The van der Waals surface area contributed by atoms with Gasteiger partial charge in [0.05, 0.1) is 0 Å². The van der Waals surface area contributed by atoms with Crippen LogP contribution < -0.4 is 5.30 Å². The highest BCUT2D eigenvalue weighted by Gasteiger charge is 1.94. The van der Waals surface area contributed by atoms with Gasteiger partial charge in [-0.25, -0.2) is 0 Å². The second-order valence-electron chi connectivity index (χ2n) is 5.62. The summed E-state index contributed by atoms with van der Waals surface area (Å²) in [7, 11) is 1.01. The number of rotatable bonds is 11. The number of unbranched alkanes of at least 4 members (excludes halogenated alkanes) is 8. The first kappa shape index (κ1) is 16.7. The minimum Gasteiger partial charge on any atom is -0.0904 e. The molecule has 0 aliphatic heterocycles. The average Bonchev–Trinajstić information content (AvgIpc) is 2.43. The van der Waals surface area contributed by atoms with Crippen LogP contribution in [0, 0.1) is 6.92 Å². The van der Waals surface area contributed by atoms with Crippen LogP contribution in [0.1, 0.15) is 70.3 Å². The van der Waals surface area contributed by atoms with E-state index < -0.39 is 0 Å². The zero-order valence-corrected chi connectivity index (χ0v) is 13.9. The van der Waals surface area contributed by atoms with Crippen molar-refractivity contribution in [1.29, 1.82) is 0 Å². The third kappa shape index (κ3) is 9.22. The molecule has 1 aromatic rings. The molecule has 0 heterocycles. The molecule has 0 aromatic heterocycles. The third-order valence-corrected chi connectivity index (χ3v) is 5.01. The molecule has 0 N–H and O–H groups in total. The number of hydrogen-bond donors (Lipinski definition) is 0. The van der Waals surface area contributed by atoms with Crippen molar-refractivity contribution in [1.82, 2.24) is 0 Å². The van der Waals surface area contributed by atoms with Gasteiger partial charge in [-0.15, -0.1) is 0 Å². The highest BCUT2D eigenvalue weighted by atomic mass is 31.1. The van der Waals surface area contributed by atoms with E-state index in [1.165, 1.54) is 74.8 Å². The molecule has 0 spiro atoms. The number of benzene rings is 1. The number of aryl methyl sites for hydroxylation is 1. The van der Waals surface area contributed by atoms with Crippen molar-refractivity contribution < 1.29 is 0 Å². The Kier molecular flexibility index (Phi) is 10.1. The highest BCUT2D eigenvalue weighted by molar-refractivity contribution is 7.47. The summed E-state index contributed by atoms with van der Waals surface area (Å²) < 4.78 is 0. The van der Waals surface area contributed by atoms with Crippen molar-refractivity contribution in [3.8, 4) is 0 Å². The summed E-state index contributed by atoms with van der Waals surface area (Å²) in [4.78, 5) is 0. The van der Waals surface area contributed by atoms with Crippen molar-refractivity contribution in [3.63, 3.8) is 0 Å². The molecular formula is C18H31P. The zero-order valence-electron chi connectivity index (χ0n) is 12.9. The van der Waals surface area contributed by atoms with Gasteiger partial charge in [-0.1, -0.05) is 96.7 Å². The Morgan fingerprint density at radius 1 is 0.737 bits per heavy atom. The normalized spacial score (nSPS) is 11.5. The molecule has 1 unspecified atom stereocenters. The summed E-state index contributed by atoms with van der Waals surface area (Å²) in [6, 6.07) is 9.06. The molecule has 0 fully saturated rings. The lowest BCUT2D eigenvalue weighted by atomic mass is 10.1. The van der Waals surface area contributed by atoms with Crippen LogP contribution in [0.3, 0.4) is 0 Å². The smallest absolute Gasteiger partial charge is 0.0271 e. The van der Waals surface area contributed by atoms with Crippen molar-refractivity contribution >= 4 is 13.9 Å². The van der Waals surface area contributed by atoms with E-state index >= 15 is 0 Å². The average molecular weight is 278 g/mol. The second kappa shape index (κ2) is 11.5. The summed E-state index contributed by atoms with van der Waals surface area (Å²) in [6.07, 6.45) is 14.3. The van der Waals surface area contributed by atoms with E-state index in [1.807, 2.05) is 0 Å². The Hall–Kier alpha value is -0.350. The predicted molar refractivity (Wildman–Crippen MR) is 91.2 cm³/mol. The van der Waals surface area contributed by atoms with E-state index in [4.69, 9.17) is 0 Å². The van der Waals surface area contributed by atoms with Crippen LogP contribution in [0.4, 0.5) is 0 Å². The van der Waals surface area contributed by atoms with Gasteiger partial charge in [0, 0.05) is 0 Å². The van der Waals surface area contributed by atoms with Crippen LogP contribution in [-0.4, -0.2) is 6.16 Å². The molecule has 108 valence electrons. The van der Waals surface area contributed by atoms with Gasteiger partial charge in [0.25, 0.3) is 0 Å². The fraction of sp³-hybridized carbons (Fsp3) is 0.667. The molecule has 1 atom stereocenters. The molecule has 1 rings (SSSR count). The molecule has 0 saturated heterocycles. The second-order valence-corrected chi connectivity index (χ2v) is 7.05. The number of hydrogen-bond acceptors (Lipinski definition) is 0. The lowest BCUT2D eigenvalue weighted by molar-refractivity contribution is 0.573. The Bertz CT molecular complexity index is 302. The molecule has 19 heavy (non-hydrogen) atoms. The Morgan fingerprint density at radius 3 is 1.84 bits per heavy atom. The highest BCUT2D eigenvalue weighted by Crippen LogP contribution is 2.15. The molecular weight excluding hydrogens is 247 g/mol. The van der Waals surface area contributed by atoms with Crippen LogP contribution in [-0.2, 0) is 0 Å². The summed E-state index contributed by atoms with van der Waals surface area (Å²) in [5.41, 5.74) is 1.37. The summed E-state index contributed by atoms with van der Waals surface area (Å²) >= 11 is 0. The molecule has 0 bridgehead atoms. The van der Waals surface area contributed by atoms with Crippen LogP contribution in [0.15, 0.2) is 24.3 Å². The minimum atomic E-state index is 1.01. The van der Waals surface area contributed by atoms with Gasteiger partial charge in [0.15, 0.2) is 0 Å². The van der Waals surface area contributed by atoms with Gasteiger partial charge in [-0.3, -0.25) is 0 Å². The quantitative estimate of drug-likeness (QED) is 0.353. The first-order valence-corrected chi connectivity index (χ1v) is 9.34. The molecule has 1 aromatic carbocycles. The molecule has 1 heteroatoms. The Balaban J connectivity index is 1.87. The van der Waals surface area contributed by atoms with E-state index in [0.29, 0.717) is 0 Å². The molecule has 0 amide bonds.